The molecule has 0 bridgehead atoms. The van der Waals surface area contributed by atoms with E-state index in [9.17, 15) is 4.79 Å². The second-order valence-corrected chi connectivity index (χ2v) is 3.76. The average molecular weight is 231 g/mol. The highest BCUT2D eigenvalue weighted by Gasteiger charge is 2.14. The van der Waals surface area contributed by atoms with Gasteiger partial charge in [-0.2, -0.15) is 5.10 Å². The summed E-state index contributed by atoms with van der Waals surface area (Å²) in [5.41, 5.74) is 12.5. The van der Waals surface area contributed by atoms with Crippen LogP contribution in [-0.4, -0.2) is 20.5 Å². The van der Waals surface area contributed by atoms with Crippen molar-refractivity contribution in [3.63, 3.8) is 0 Å². The molecule has 0 aromatic carbocycles. The van der Waals surface area contributed by atoms with Gasteiger partial charge in [0.1, 0.15) is 11.6 Å². The normalized spacial score (nSPS) is 10.4. The van der Waals surface area contributed by atoms with Gasteiger partial charge in [-0.25, -0.2) is 4.98 Å². The molecule has 0 spiro atoms. The van der Waals surface area contributed by atoms with Crippen LogP contribution in [0.4, 0.5) is 11.6 Å². The van der Waals surface area contributed by atoms with E-state index in [0.29, 0.717) is 17.2 Å². The molecule has 0 fully saturated rings. The number of hydrogen-bond acceptors (Lipinski definition) is 5. The second-order valence-electron chi connectivity index (χ2n) is 3.76. The molecule has 0 aliphatic carbocycles. The molecule has 0 atom stereocenters. The van der Waals surface area contributed by atoms with Crippen LogP contribution in [0.5, 0.6) is 0 Å². The molecule has 4 N–H and O–H groups in total. The molecule has 2 heterocycles. The molecule has 0 unspecified atom stereocenters. The van der Waals surface area contributed by atoms with Crippen LogP contribution in [0.15, 0.2) is 24.5 Å². The SMILES string of the molecule is Cn1ncc(C(=O)Cc2ccnc(N)c2)c1N. The van der Waals surface area contributed by atoms with Crippen molar-refractivity contribution in [2.75, 3.05) is 11.5 Å². The molecule has 2 aromatic heterocycles. The van der Waals surface area contributed by atoms with Crippen molar-refractivity contribution in [3.8, 4) is 0 Å². The monoisotopic (exact) mass is 231 g/mol. The summed E-state index contributed by atoms with van der Waals surface area (Å²) in [5, 5.41) is 3.93. The van der Waals surface area contributed by atoms with Crippen LogP contribution >= 0.6 is 0 Å². The van der Waals surface area contributed by atoms with Gasteiger partial charge in [0.2, 0.25) is 0 Å². The number of nitrogens with zero attached hydrogens (tertiary/aromatic N) is 3. The summed E-state index contributed by atoms with van der Waals surface area (Å²) in [6, 6.07) is 3.42. The zero-order valence-corrected chi connectivity index (χ0v) is 9.42. The molecule has 0 radical (unpaired) electrons. The van der Waals surface area contributed by atoms with E-state index >= 15 is 0 Å². The summed E-state index contributed by atoms with van der Waals surface area (Å²) >= 11 is 0. The third-order valence-electron chi connectivity index (χ3n) is 2.50. The van der Waals surface area contributed by atoms with Crippen LogP contribution < -0.4 is 11.5 Å². The Bertz CT molecular complexity index is 561. The third-order valence-corrected chi connectivity index (χ3v) is 2.50. The minimum atomic E-state index is -0.0822. The van der Waals surface area contributed by atoms with E-state index in [2.05, 4.69) is 10.1 Å². The molecular formula is C11H13N5O. The van der Waals surface area contributed by atoms with Gasteiger partial charge < -0.3 is 11.5 Å². The molecule has 2 rings (SSSR count). The van der Waals surface area contributed by atoms with Gasteiger partial charge in [0, 0.05) is 19.7 Å². The summed E-state index contributed by atoms with van der Waals surface area (Å²) in [6.07, 6.45) is 3.29. The second kappa shape index (κ2) is 4.25. The highest BCUT2D eigenvalue weighted by Crippen LogP contribution is 2.14. The number of carbonyl (C=O) groups excluding carboxylic acids is 1. The van der Waals surface area contributed by atoms with Gasteiger partial charge in [-0.15, -0.1) is 0 Å². The molecule has 0 aliphatic rings. The number of nitrogen functional groups attached to an aromatic ring is 2. The molecule has 0 aliphatic heterocycles. The van der Waals surface area contributed by atoms with Crippen molar-refractivity contribution < 1.29 is 4.79 Å². The van der Waals surface area contributed by atoms with Gasteiger partial charge in [-0.3, -0.25) is 9.48 Å². The Hall–Kier alpha value is -2.37. The Kier molecular flexibility index (Phi) is 2.78. The van der Waals surface area contributed by atoms with E-state index in [0.717, 1.165) is 5.56 Å². The number of carbonyl (C=O) groups is 1. The fraction of sp³-hybridized carbons (Fsp3) is 0.182. The maximum absolute atomic E-state index is 12.0. The first kappa shape index (κ1) is 11.1. The number of pyridine rings is 1. The van der Waals surface area contributed by atoms with Gasteiger partial charge in [-0.05, 0) is 17.7 Å². The first-order valence-electron chi connectivity index (χ1n) is 5.09. The summed E-state index contributed by atoms with van der Waals surface area (Å²) < 4.78 is 1.47. The van der Waals surface area contributed by atoms with E-state index in [1.54, 1.807) is 25.4 Å². The predicted octanol–water partition coefficient (Wildman–Crippen LogP) is 0.405. The highest BCUT2D eigenvalue weighted by molar-refractivity contribution is 6.01. The van der Waals surface area contributed by atoms with Crippen LogP contribution in [0.3, 0.4) is 0 Å². The van der Waals surface area contributed by atoms with E-state index in [1.807, 2.05) is 0 Å². The topological polar surface area (TPSA) is 99.8 Å². The molecule has 0 saturated heterocycles. The number of Topliss-reactive ketones (excluding diaryl/α,β-unsaturated/α-hetero) is 1. The number of hydrogen-bond donors (Lipinski definition) is 2. The maximum Gasteiger partial charge on any atom is 0.172 e. The van der Waals surface area contributed by atoms with Gasteiger partial charge >= 0.3 is 0 Å². The van der Waals surface area contributed by atoms with E-state index in [1.165, 1.54) is 10.9 Å². The summed E-state index contributed by atoms with van der Waals surface area (Å²) in [6.45, 7) is 0. The lowest BCUT2D eigenvalue weighted by Gasteiger charge is -2.01. The molecule has 6 heteroatoms. The molecule has 2 aromatic rings. The number of aromatic nitrogens is 3. The van der Waals surface area contributed by atoms with Gasteiger partial charge in [-0.1, -0.05) is 0 Å². The van der Waals surface area contributed by atoms with Crippen molar-refractivity contribution in [1.82, 2.24) is 14.8 Å². The summed E-state index contributed by atoms with van der Waals surface area (Å²) in [7, 11) is 1.69. The maximum atomic E-state index is 12.0. The molecule has 0 amide bonds. The number of rotatable bonds is 3. The smallest absolute Gasteiger partial charge is 0.172 e. The van der Waals surface area contributed by atoms with Gasteiger partial charge in [0.05, 0.1) is 11.8 Å². The summed E-state index contributed by atoms with van der Waals surface area (Å²) in [5.74, 6) is 0.688. The zero-order valence-electron chi connectivity index (χ0n) is 9.42. The minimum Gasteiger partial charge on any atom is -0.384 e. The van der Waals surface area contributed by atoms with Crippen LogP contribution in [-0.2, 0) is 13.5 Å². The van der Waals surface area contributed by atoms with Crippen molar-refractivity contribution in [1.29, 1.82) is 0 Å². The largest absolute Gasteiger partial charge is 0.384 e. The minimum absolute atomic E-state index is 0.0822. The van der Waals surface area contributed by atoms with Crippen LogP contribution in [0.25, 0.3) is 0 Å². The molecule has 6 nitrogen and oxygen atoms in total. The highest BCUT2D eigenvalue weighted by atomic mass is 16.1. The lowest BCUT2D eigenvalue weighted by Crippen LogP contribution is -2.07. The Morgan fingerprint density at radius 3 is 2.82 bits per heavy atom. The molecular weight excluding hydrogens is 218 g/mol. The summed E-state index contributed by atoms with van der Waals surface area (Å²) in [4.78, 5) is 15.8. The number of aryl methyl sites for hydroxylation is 1. The van der Waals surface area contributed by atoms with E-state index in [4.69, 9.17) is 11.5 Å². The molecule has 88 valence electrons. The Morgan fingerprint density at radius 1 is 1.47 bits per heavy atom. The van der Waals surface area contributed by atoms with Crippen LogP contribution in [0.2, 0.25) is 0 Å². The lowest BCUT2D eigenvalue weighted by atomic mass is 10.1. The van der Waals surface area contributed by atoms with Crippen molar-refractivity contribution in [2.45, 2.75) is 6.42 Å². The lowest BCUT2D eigenvalue weighted by molar-refractivity contribution is 0.0994. The Labute approximate surface area is 98.3 Å². The first-order chi connectivity index (χ1) is 8.08. The van der Waals surface area contributed by atoms with Gasteiger partial charge in [0.25, 0.3) is 0 Å². The Balaban J connectivity index is 2.20. The number of anilines is 2. The third kappa shape index (κ3) is 2.25. The van der Waals surface area contributed by atoms with Crippen molar-refractivity contribution in [2.24, 2.45) is 7.05 Å². The standard InChI is InChI=1S/C11H13N5O/c1-16-11(13)8(6-15-16)9(17)4-7-2-3-14-10(12)5-7/h2-3,5-6H,4,13H2,1H3,(H2,12,14). The van der Waals surface area contributed by atoms with Crippen molar-refractivity contribution in [3.05, 3.63) is 35.7 Å². The number of nitrogens with two attached hydrogens (primary N) is 2. The van der Waals surface area contributed by atoms with Gasteiger partial charge in [0.15, 0.2) is 5.78 Å². The molecule has 17 heavy (non-hydrogen) atoms. The number of ketones is 1. The van der Waals surface area contributed by atoms with Crippen LogP contribution in [0.1, 0.15) is 15.9 Å². The van der Waals surface area contributed by atoms with Crippen LogP contribution in [0, 0.1) is 0 Å². The fourth-order valence-corrected chi connectivity index (χ4v) is 1.55. The first-order valence-corrected chi connectivity index (χ1v) is 5.09. The van der Waals surface area contributed by atoms with E-state index < -0.39 is 0 Å². The zero-order chi connectivity index (χ0) is 12.4. The predicted molar refractivity (Wildman–Crippen MR) is 64.3 cm³/mol. The quantitative estimate of drug-likeness (QED) is 0.745. The Morgan fingerprint density at radius 2 is 2.24 bits per heavy atom. The fourth-order valence-electron chi connectivity index (χ4n) is 1.55. The van der Waals surface area contributed by atoms with Crippen molar-refractivity contribution >= 4 is 17.4 Å². The molecule has 0 saturated carbocycles. The average Bonchev–Trinajstić information content (AvgIpc) is 2.60. The van der Waals surface area contributed by atoms with E-state index in [-0.39, 0.29) is 12.2 Å².